The van der Waals surface area contributed by atoms with Crippen molar-refractivity contribution in [1.82, 2.24) is 9.97 Å². The van der Waals surface area contributed by atoms with E-state index < -0.39 is 17.0 Å². The van der Waals surface area contributed by atoms with Crippen molar-refractivity contribution in [3.8, 4) is 0 Å². The Morgan fingerprint density at radius 1 is 1.12 bits per heavy atom. The molecule has 34 heavy (non-hydrogen) atoms. The summed E-state index contributed by atoms with van der Waals surface area (Å²) < 4.78 is 26.2. The number of aryl methyl sites for hydroxylation is 1. The fourth-order valence-corrected chi connectivity index (χ4v) is 6.91. The third-order valence-electron chi connectivity index (χ3n) is 7.95. The number of nitrogens with one attached hydrogen (secondary N) is 1. The summed E-state index contributed by atoms with van der Waals surface area (Å²) in [5.74, 6) is 1.90. The average Bonchev–Trinajstić information content (AvgIpc) is 3.22. The van der Waals surface area contributed by atoms with Crippen molar-refractivity contribution in [3.63, 3.8) is 0 Å². The van der Waals surface area contributed by atoms with Gasteiger partial charge in [-0.25, -0.2) is 9.37 Å². The van der Waals surface area contributed by atoms with Crippen LogP contribution in [0.4, 0.5) is 21.8 Å². The summed E-state index contributed by atoms with van der Waals surface area (Å²) in [7, 11) is -1.10. The molecule has 0 spiro atoms. The molecule has 0 unspecified atom stereocenters. The van der Waals surface area contributed by atoms with Crippen LogP contribution in [-0.2, 0) is 30.2 Å². The molecule has 9 heteroatoms. The average molecular weight is 486 g/mol. The number of hydrogen-bond donors (Lipinski definition) is 2. The molecular weight excluding hydrogens is 453 g/mol. The Balaban J connectivity index is 1.25. The van der Waals surface area contributed by atoms with Gasteiger partial charge in [-0.2, -0.15) is 4.98 Å². The Morgan fingerprint density at radius 3 is 2.68 bits per heavy atom. The van der Waals surface area contributed by atoms with Gasteiger partial charge >= 0.3 is 0 Å². The van der Waals surface area contributed by atoms with Crippen molar-refractivity contribution < 1.29 is 13.7 Å². The molecule has 6 rings (SSSR count). The smallest absolute Gasteiger partial charge is 0.227 e. The van der Waals surface area contributed by atoms with Crippen molar-refractivity contribution >= 4 is 28.3 Å². The first-order chi connectivity index (χ1) is 16.5. The standard InChI is InChI=1S/C25H32FN5O2S/c26-19-5-11-30(12-6-19)20-3-2-18-15-31(10-4-17(18)14-20)24-27-21-7-13-34(33)22(21)23(28-24)29-25(16-32)8-1-9-25/h2-3,14,19,32H,1,4-13,15-16H2,(H,27,28,29)/t34-/m0/s1. The highest BCUT2D eigenvalue weighted by Crippen LogP contribution is 2.39. The molecule has 4 heterocycles. The van der Waals surface area contributed by atoms with E-state index in [0.717, 1.165) is 62.5 Å². The molecule has 0 radical (unpaired) electrons. The minimum absolute atomic E-state index is 0.0518. The largest absolute Gasteiger partial charge is 0.394 e. The van der Waals surface area contributed by atoms with Crippen molar-refractivity contribution in [2.75, 3.05) is 47.1 Å². The van der Waals surface area contributed by atoms with E-state index in [1.807, 2.05) is 0 Å². The van der Waals surface area contributed by atoms with Crippen molar-refractivity contribution in [2.45, 2.75) is 68.1 Å². The molecule has 2 fully saturated rings. The Kier molecular flexibility index (Phi) is 5.72. The van der Waals surface area contributed by atoms with Crippen LogP contribution in [0, 0.1) is 0 Å². The number of rotatable bonds is 5. The van der Waals surface area contributed by atoms with Gasteiger partial charge in [-0.3, -0.25) is 4.21 Å². The van der Waals surface area contributed by atoms with E-state index >= 15 is 0 Å². The number of hydrogen-bond acceptors (Lipinski definition) is 7. The van der Waals surface area contributed by atoms with Crippen LogP contribution >= 0.6 is 0 Å². The van der Waals surface area contributed by atoms with E-state index in [1.54, 1.807) is 0 Å². The van der Waals surface area contributed by atoms with Gasteiger partial charge < -0.3 is 20.2 Å². The van der Waals surface area contributed by atoms with Crippen LogP contribution in [0.3, 0.4) is 0 Å². The lowest BCUT2D eigenvalue weighted by atomic mass is 9.77. The van der Waals surface area contributed by atoms with E-state index in [0.29, 0.717) is 36.8 Å². The molecule has 2 aromatic rings. The Bertz CT molecular complexity index is 1110. The summed E-state index contributed by atoms with van der Waals surface area (Å²) in [6, 6.07) is 6.61. The van der Waals surface area contributed by atoms with Crippen LogP contribution in [0.5, 0.6) is 0 Å². The summed E-state index contributed by atoms with van der Waals surface area (Å²) in [4.78, 5) is 14.9. The van der Waals surface area contributed by atoms with Gasteiger partial charge in [0.05, 0.1) is 28.6 Å². The lowest BCUT2D eigenvalue weighted by molar-refractivity contribution is 0.143. The first-order valence-corrected chi connectivity index (χ1v) is 13.8. The van der Waals surface area contributed by atoms with Gasteiger partial charge in [-0.1, -0.05) is 6.07 Å². The SMILES string of the molecule is O=[S@]1CCc2nc(N3CCc4cc(N5CCC(F)CC5)ccc4C3)nc(NC3(CO)CCC3)c21. The van der Waals surface area contributed by atoms with E-state index in [1.165, 1.54) is 16.8 Å². The molecule has 2 N–H and O–H groups in total. The van der Waals surface area contributed by atoms with Gasteiger partial charge in [-0.15, -0.1) is 0 Å². The number of fused-ring (bicyclic) bond motifs is 2. The molecule has 1 aliphatic carbocycles. The molecule has 1 aromatic heterocycles. The van der Waals surface area contributed by atoms with Gasteiger partial charge in [0.25, 0.3) is 0 Å². The monoisotopic (exact) mass is 485 g/mol. The molecule has 0 bridgehead atoms. The highest BCUT2D eigenvalue weighted by molar-refractivity contribution is 7.85. The molecule has 1 atom stereocenters. The highest BCUT2D eigenvalue weighted by atomic mass is 32.2. The number of aliphatic hydroxyl groups is 1. The lowest BCUT2D eigenvalue weighted by Gasteiger charge is -2.41. The zero-order valence-corrected chi connectivity index (χ0v) is 20.2. The molecule has 4 aliphatic rings. The maximum Gasteiger partial charge on any atom is 0.227 e. The molecular formula is C25H32FN5O2S. The first-order valence-electron chi connectivity index (χ1n) is 12.5. The van der Waals surface area contributed by atoms with E-state index in [2.05, 4.69) is 33.3 Å². The van der Waals surface area contributed by atoms with Crippen LogP contribution < -0.4 is 15.1 Å². The predicted molar refractivity (Wildman–Crippen MR) is 132 cm³/mol. The van der Waals surface area contributed by atoms with Crippen LogP contribution in [0.25, 0.3) is 0 Å². The number of nitrogens with zero attached hydrogens (tertiary/aromatic N) is 4. The second-order valence-electron chi connectivity index (χ2n) is 10.2. The van der Waals surface area contributed by atoms with Crippen LogP contribution in [-0.4, -0.2) is 63.0 Å². The van der Waals surface area contributed by atoms with Crippen LogP contribution in [0.2, 0.25) is 0 Å². The van der Waals surface area contributed by atoms with Crippen molar-refractivity contribution in [2.24, 2.45) is 0 Å². The highest BCUT2D eigenvalue weighted by Gasteiger charge is 2.39. The minimum Gasteiger partial charge on any atom is -0.394 e. The minimum atomic E-state index is -1.10. The van der Waals surface area contributed by atoms with E-state index in [4.69, 9.17) is 9.97 Å². The van der Waals surface area contributed by atoms with Gasteiger partial charge in [0.2, 0.25) is 5.95 Å². The Morgan fingerprint density at radius 2 is 1.94 bits per heavy atom. The van der Waals surface area contributed by atoms with Gasteiger partial charge in [0, 0.05) is 44.0 Å². The Labute approximate surface area is 202 Å². The number of halogens is 1. The number of benzene rings is 1. The third-order valence-corrected chi connectivity index (χ3v) is 9.41. The summed E-state index contributed by atoms with van der Waals surface area (Å²) in [5.41, 5.74) is 4.31. The molecule has 1 aromatic carbocycles. The molecule has 3 aliphatic heterocycles. The van der Waals surface area contributed by atoms with Gasteiger partial charge in [0.15, 0.2) is 0 Å². The number of anilines is 3. The second-order valence-corrected chi connectivity index (χ2v) is 11.7. The molecule has 1 saturated heterocycles. The molecule has 7 nitrogen and oxygen atoms in total. The zero-order valence-electron chi connectivity index (χ0n) is 19.4. The van der Waals surface area contributed by atoms with Gasteiger partial charge in [-0.05, 0) is 61.8 Å². The van der Waals surface area contributed by atoms with Crippen LogP contribution in [0.1, 0.15) is 48.9 Å². The number of piperidine rings is 1. The fourth-order valence-electron chi connectivity index (χ4n) is 5.60. The molecule has 0 amide bonds. The summed E-state index contributed by atoms with van der Waals surface area (Å²) in [5, 5.41) is 13.4. The zero-order chi connectivity index (χ0) is 23.3. The van der Waals surface area contributed by atoms with Crippen molar-refractivity contribution in [3.05, 3.63) is 35.0 Å². The first kappa shape index (κ1) is 22.2. The maximum absolute atomic E-state index is 13.5. The van der Waals surface area contributed by atoms with E-state index in [9.17, 15) is 13.7 Å². The van der Waals surface area contributed by atoms with Crippen molar-refractivity contribution in [1.29, 1.82) is 0 Å². The van der Waals surface area contributed by atoms with Gasteiger partial charge in [0.1, 0.15) is 16.9 Å². The number of aromatic nitrogens is 2. The molecule has 1 saturated carbocycles. The maximum atomic E-state index is 13.5. The third kappa shape index (κ3) is 3.96. The summed E-state index contributed by atoms with van der Waals surface area (Å²) >= 11 is 0. The number of alkyl halides is 1. The normalized spacial score (nSPS) is 23.9. The molecule has 182 valence electrons. The number of aliphatic hydroxyl groups excluding tert-OH is 1. The topological polar surface area (TPSA) is 81.6 Å². The second kappa shape index (κ2) is 8.75. The van der Waals surface area contributed by atoms with E-state index in [-0.39, 0.29) is 12.1 Å². The van der Waals surface area contributed by atoms with Crippen LogP contribution in [0.15, 0.2) is 23.1 Å². The predicted octanol–water partition coefficient (Wildman–Crippen LogP) is 2.97. The summed E-state index contributed by atoms with van der Waals surface area (Å²) in [6.07, 6.45) is 5.02. The summed E-state index contributed by atoms with van der Waals surface area (Å²) in [6.45, 7) is 3.16. The quantitative estimate of drug-likeness (QED) is 0.674. The lowest BCUT2D eigenvalue weighted by Crippen LogP contribution is -2.48. The fraction of sp³-hybridized carbons (Fsp3) is 0.600. The Hall–Kier alpha value is -2.26.